The summed E-state index contributed by atoms with van der Waals surface area (Å²) in [4.78, 5) is 15.1. The van der Waals surface area contributed by atoms with E-state index < -0.39 is 0 Å². The third kappa shape index (κ3) is 3.68. The zero-order valence-corrected chi connectivity index (χ0v) is 11.3. The topological polar surface area (TPSA) is 51.2 Å². The van der Waals surface area contributed by atoms with Gasteiger partial charge in [-0.2, -0.15) is 0 Å². The fourth-order valence-electron chi connectivity index (χ4n) is 1.73. The number of nitrogens with one attached hydrogen (secondary N) is 1. The van der Waals surface area contributed by atoms with Gasteiger partial charge >= 0.3 is 0 Å². The Morgan fingerprint density at radius 1 is 1.35 bits per heavy atom. The maximum Gasteiger partial charge on any atom is 0.221 e. The van der Waals surface area contributed by atoms with Crippen molar-refractivity contribution in [2.75, 3.05) is 5.32 Å². The number of carbonyl (C=O) groups is 1. The summed E-state index contributed by atoms with van der Waals surface area (Å²) in [5.74, 6) is 0.619. The van der Waals surface area contributed by atoms with Gasteiger partial charge in [0, 0.05) is 18.8 Å². The highest BCUT2D eigenvalue weighted by Crippen LogP contribution is 2.18. The van der Waals surface area contributed by atoms with Gasteiger partial charge in [0.1, 0.15) is 18.1 Å². The summed E-state index contributed by atoms with van der Waals surface area (Å²) < 4.78 is 5.71. The maximum absolute atomic E-state index is 10.9. The predicted molar refractivity (Wildman–Crippen MR) is 79.4 cm³/mol. The normalized spacial score (nSPS) is 9.85. The summed E-state index contributed by atoms with van der Waals surface area (Å²) in [6.07, 6.45) is 3.36. The van der Waals surface area contributed by atoms with Gasteiger partial charge in [0.05, 0.1) is 0 Å². The van der Waals surface area contributed by atoms with Crippen LogP contribution in [0.15, 0.2) is 49.2 Å². The van der Waals surface area contributed by atoms with Gasteiger partial charge in [-0.05, 0) is 35.9 Å². The highest BCUT2D eigenvalue weighted by atomic mass is 16.5. The predicted octanol–water partition coefficient (Wildman–Crippen LogP) is 3.26. The van der Waals surface area contributed by atoms with Crippen LogP contribution in [0.2, 0.25) is 0 Å². The Morgan fingerprint density at radius 2 is 2.10 bits per heavy atom. The molecule has 0 saturated carbocycles. The lowest BCUT2D eigenvalue weighted by molar-refractivity contribution is -0.114. The van der Waals surface area contributed by atoms with Crippen LogP contribution in [0, 0.1) is 0 Å². The largest absolute Gasteiger partial charge is 0.487 e. The van der Waals surface area contributed by atoms with Crippen molar-refractivity contribution in [3.63, 3.8) is 0 Å². The number of pyridine rings is 1. The highest BCUT2D eigenvalue weighted by molar-refractivity contribution is 5.88. The lowest BCUT2D eigenvalue weighted by atomic mass is 10.2. The highest BCUT2D eigenvalue weighted by Gasteiger charge is 2.02. The van der Waals surface area contributed by atoms with Gasteiger partial charge < -0.3 is 10.1 Å². The van der Waals surface area contributed by atoms with E-state index in [9.17, 15) is 4.79 Å². The number of benzene rings is 1. The molecule has 1 N–H and O–H groups in total. The number of aromatic nitrogens is 1. The SMILES string of the molecule is C=Cc1ncccc1OCc1ccc(NC(C)=O)cc1. The van der Waals surface area contributed by atoms with Crippen molar-refractivity contribution in [3.8, 4) is 5.75 Å². The van der Waals surface area contributed by atoms with Crippen LogP contribution < -0.4 is 10.1 Å². The minimum atomic E-state index is -0.0833. The summed E-state index contributed by atoms with van der Waals surface area (Å²) in [5.41, 5.74) is 2.51. The Balaban J connectivity index is 2.00. The number of ether oxygens (including phenoxy) is 1. The van der Waals surface area contributed by atoms with Crippen molar-refractivity contribution in [3.05, 3.63) is 60.4 Å². The van der Waals surface area contributed by atoms with E-state index in [4.69, 9.17) is 4.74 Å². The van der Waals surface area contributed by atoms with Crippen LogP contribution in [0.25, 0.3) is 6.08 Å². The number of rotatable bonds is 5. The molecular formula is C16H16N2O2. The number of carbonyl (C=O) groups excluding carboxylic acids is 1. The fraction of sp³-hybridized carbons (Fsp3) is 0.125. The van der Waals surface area contributed by atoms with E-state index in [1.807, 2.05) is 36.4 Å². The van der Waals surface area contributed by atoms with Crippen molar-refractivity contribution in [2.24, 2.45) is 0 Å². The van der Waals surface area contributed by atoms with Gasteiger partial charge in [-0.15, -0.1) is 0 Å². The van der Waals surface area contributed by atoms with E-state index >= 15 is 0 Å². The van der Waals surface area contributed by atoms with E-state index in [1.165, 1.54) is 6.92 Å². The summed E-state index contributed by atoms with van der Waals surface area (Å²) in [6, 6.07) is 11.2. The molecule has 0 bridgehead atoms. The van der Waals surface area contributed by atoms with Gasteiger partial charge in [-0.1, -0.05) is 18.7 Å². The van der Waals surface area contributed by atoms with E-state index in [2.05, 4.69) is 16.9 Å². The molecule has 0 radical (unpaired) electrons. The second-order valence-electron chi connectivity index (χ2n) is 4.26. The number of hydrogen-bond donors (Lipinski definition) is 1. The van der Waals surface area contributed by atoms with Crippen LogP contribution in [0.5, 0.6) is 5.75 Å². The molecule has 0 aliphatic rings. The van der Waals surface area contributed by atoms with Gasteiger partial charge in [0.25, 0.3) is 0 Å². The number of anilines is 1. The van der Waals surface area contributed by atoms with Crippen LogP contribution in [0.4, 0.5) is 5.69 Å². The maximum atomic E-state index is 10.9. The zero-order chi connectivity index (χ0) is 14.4. The Kier molecular flexibility index (Phi) is 4.50. The molecule has 4 nitrogen and oxygen atoms in total. The standard InChI is InChI=1S/C16H16N2O2/c1-3-15-16(5-4-10-17-15)20-11-13-6-8-14(9-7-13)18-12(2)19/h3-10H,1,11H2,2H3,(H,18,19). The summed E-state index contributed by atoms with van der Waals surface area (Å²) in [7, 11) is 0. The van der Waals surface area contributed by atoms with Crippen LogP contribution >= 0.6 is 0 Å². The lowest BCUT2D eigenvalue weighted by Crippen LogP contribution is -2.05. The molecule has 2 rings (SSSR count). The van der Waals surface area contributed by atoms with Gasteiger partial charge in [-0.25, -0.2) is 0 Å². The first kappa shape index (κ1) is 13.8. The molecule has 0 atom stereocenters. The quantitative estimate of drug-likeness (QED) is 0.905. The van der Waals surface area contributed by atoms with Crippen molar-refractivity contribution in [1.29, 1.82) is 0 Å². The molecule has 1 amide bonds. The summed E-state index contributed by atoms with van der Waals surface area (Å²) in [6.45, 7) is 5.62. The number of nitrogens with zero attached hydrogens (tertiary/aromatic N) is 1. The molecule has 1 aromatic carbocycles. The van der Waals surface area contributed by atoms with Gasteiger partial charge in [-0.3, -0.25) is 9.78 Å². The Bertz CT molecular complexity index is 606. The third-order valence-corrected chi connectivity index (χ3v) is 2.66. The molecule has 2 aromatic rings. The van der Waals surface area contributed by atoms with E-state index in [0.29, 0.717) is 12.4 Å². The molecule has 0 aliphatic carbocycles. The fourth-order valence-corrected chi connectivity index (χ4v) is 1.73. The Hall–Kier alpha value is -2.62. The molecule has 102 valence electrons. The van der Waals surface area contributed by atoms with Crippen LogP contribution in [0.1, 0.15) is 18.2 Å². The van der Waals surface area contributed by atoms with Crippen LogP contribution in [0.3, 0.4) is 0 Å². The van der Waals surface area contributed by atoms with Crippen molar-refractivity contribution in [2.45, 2.75) is 13.5 Å². The molecule has 0 fully saturated rings. The van der Waals surface area contributed by atoms with Crippen LogP contribution in [-0.2, 0) is 11.4 Å². The second kappa shape index (κ2) is 6.52. The molecule has 1 heterocycles. The first-order valence-corrected chi connectivity index (χ1v) is 6.26. The lowest BCUT2D eigenvalue weighted by Gasteiger charge is -2.09. The zero-order valence-electron chi connectivity index (χ0n) is 11.3. The number of hydrogen-bond acceptors (Lipinski definition) is 3. The molecule has 4 heteroatoms. The monoisotopic (exact) mass is 268 g/mol. The van der Waals surface area contributed by atoms with E-state index in [-0.39, 0.29) is 5.91 Å². The van der Waals surface area contributed by atoms with Crippen LogP contribution in [-0.4, -0.2) is 10.9 Å². The minimum absolute atomic E-state index is 0.0833. The summed E-state index contributed by atoms with van der Waals surface area (Å²) >= 11 is 0. The van der Waals surface area contributed by atoms with E-state index in [0.717, 1.165) is 16.9 Å². The minimum Gasteiger partial charge on any atom is -0.487 e. The Morgan fingerprint density at radius 3 is 2.75 bits per heavy atom. The summed E-state index contributed by atoms with van der Waals surface area (Å²) in [5, 5.41) is 2.72. The van der Waals surface area contributed by atoms with Crippen molar-refractivity contribution < 1.29 is 9.53 Å². The second-order valence-corrected chi connectivity index (χ2v) is 4.26. The first-order chi connectivity index (χ1) is 9.69. The van der Waals surface area contributed by atoms with Gasteiger partial charge in [0.15, 0.2) is 0 Å². The first-order valence-electron chi connectivity index (χ1n) is 6.26. The third-order valence-electron chi connectivity index (χ3n) is 2.66. The van der Waals surface area contributed by atoms with Crippen molar-refractivity contribution >= 4 is 17.7 Å². The Labute approximate surface area is 118 Å². The molecule has 0 saturated heterocycles. The smallest absolute Gasteiger partial charge is 0.221 e. The molecule has 1 aromatic heterocycles. The molecular weight excluding hydrogens is 252 g/mol. The van der Waals surface area contributed by atoms with Gasteiger partial charge in [0.2, 0.25) is 5.91 Å². The molecule has 20 heavy (non-hydrogen) atoms. The molecule has 0 unspecified atom stereocenters. The van der Waals surface area contributed by atoms with E-state index in [1.54, 1.807) is 12.3 Å². The average molecular weight is 268 g/mol. The molecule has 0 aliphatic heterocycles. The average Bonchev–Trinajstić information content (AvgIpc) is 2.46. The molecule has 0 spiro atoms. The van der Waals surface area contributed by atoms with Crippen molar-refractivity contribution in [1.82, 2.24) is 4.98 Å². The number of amides is 1.